The molecule has 0 unspecified atom stereocenters. The Kier molecular flexibility index (Phi) is 8.98. The fourth-order valence-electron chi connectivity index (χ4n) is 4.68. The maximum Gasteiger partial charge on any atom is 0.355 e. The quantitative estimate of drug-likeness (QED) is 0.547. The SMILES string of the molecule is CCOC(=O)c1c(C)c(CCC(=O)NCC2CCN(Cc3ccc(Cl)cc3)CC2)c(C)n1C. The molecule has 1 fully saturated rings. The number of nitrogens with zero attached hydrogens (tertiary/aromatic N) is 2. The lowest BCUT2D eigenvalue weighted by atomic mass is 9.96. The number of ether oxygens (including phenoxy) is 1. The molecule has 7 heteroatoms. The predicted molar refractivity (Wildman–Crippen MR) is 132 cm³/mol. The van der Waals surface area contributed by atoms with Crippen LogP contribution in [0.25, 0.3) is 0 Å². The molecule has 1 aromatic carbocycles. The first-order chi connectivity index (χ1) is 15.8. The molecule has 0 saturated carbocycles. The highest BCUT2D eigenvalue weighted by atomic mass is 35.5. The second-order valence-corrected chi connectivity index (χ2v) is 9.40. The largest absolute Gasteiger partial charge is 0.461 e. The Balaban J connectivity index is 1.42. The molecule has 0 radical (unpaired) electrons. The van der Waals surface area contributed by atoms with Gasteiger partial charge in [0.2, 0.25) is 5.91 Å². The lowest BCUT2D eigenvalue weighted by Crippen LogP contribution is -2.38. The van der Waals surface area contributed by atoms with Gasteiger partial charge in [0.25, 0.3) is 0 Å². The average Bonchev–Trinajstić information content (AvgIpc) is 3.01. The fraction of sp³-hybridized carbons (Fsp3) is 0.538. The number of hydrogen-bond acceptors (Lipinski definition) is 4. The average molecular weight is 474 g/mol. The molecule has 2 heterocycles. The smallest absolute Gasteiger partial charge is 0.355 e. The number of nitrogens with one attached hydrogen (secondary N) is 1. The predicted octanol–water partition coefficient (Wildman–Crippen LogP) is 4.43. The molecule has 180 valence electrons. The first-order valence-corrected chi connectivity index (χ1v) is 12.2. The minimum atomic E-state index is -0.307. The Hall–Kier alpha value is -2.31. The molecule has 0 aliphatic carbocycles. The zero-order chi connectivity index (χ0) is 24.0. The van der Waals surface area contributed by atoms with Crippen LogP contribution in [0.2, 0.25) is 5.02 Å². The lowest BCUT2D eigenvalue weighted by Gasteiger charge is -2.32. The van der Waals surface area contributed by atoms with Crippen LogP contribution in [-0.2, 0) is 29.5 Å². The van der Waals surface area contributed by atoms with E-state index in [4.69, 9.17) is 16.3 Å². The van der Waals surface area contributed by atoms with Crippen molar-refractivity contribution in [1.82, 2.24) is 14.8 Å². The molecule has 2 aromatic rings. The Morgan fingerprint density at radius 1 is 1.15 bits per heavy atom. The highest BCUT2D eigenvalue weighted by molar-refractivity contribution is 6.30. The van der Waals surface area contributed by atoms with Crippen molar-refractivity contribution in [3.63, 3.8) is 0 Å². The summed E-state index contributed by atoms with van der Waals surface area (Å²) in [5.74, 6) is 0.281. The van der Waals surface area contributed by atoms with Crippen molar-refractivity contribution in [2.24, 2.45) is 13.0 Å². The second-order valence-electron chi connectivity index (χ2n) is 8.97. The minimum Gasteiger partial charge on any atom is -0.461 e. The Labute approximate surface area is 202 Å². The van der Waals surface area contributed by atoms with Crippen LogP contribution in [0.3, 0.4) is 0 Å². The maximum absolute atomic E-state index is 12.5. The summed E-state index contributed by atoms with van der Waals surface area (Å²) < 4.78 is 7.06. The normalized spacial score (nSPS) is 14.9. The van der Waals surface area contributed by atoms with Gasteiger partial charge in [-0.3, -0.25) is 9.69 Å². The van der Waals surface area contributed by atoms with E-state index in [-0.39, 0.29) is 11.9 Å². The Bertz CT molecular complexity index is 960. The van der Waals surface area contributed by atoms with Crippen LogP contribution in [0.1, 0.15) is 59.1 Å². The van der Waals surface area contributed by atoms with Gasteiger partial charge in [0.15, 0.2) is 0 Å². The Morgan fingerprint density at radius 2 is 1.82 bits per heavy atom. The lowest BCUT2D eigenvalue weighted by molar-refractivity contribution is -0.121. The van der Waals surface area contributed by atoms with E-state index >= 15 is 0 Å². The van der Waals surface area contributed by atoms with Gasteiger partial charge in [-0.2, -0.15) is 0 Å². The molecule has 1 aliphatic heterocycles. The van der Waals surface area contributed by atoms with Crippen LogP contribution >= 0.6 is 11.6 Å². The number of esters is 1. The van der Waals surface area contributed by atoms with Gasteiger partial charge in [0, 0.05) is 37.3 Å². The summed E-state index contributed by atoms with van der Waals surface area (Å²) in [4.78, 5) is 27.2. The molecule has 1 aliphatic rings. The van der Waals surface area contributed by atoms with Crippen molar-refractivity contribution in [3.8, 4) is 0 Å². The van der Waals surface area contributed by atoms with Gasteiger partial charge in [0.1, 0.15) is 5.69 Å². The van der Waals surface area contributed by atoms with Gasteiger partial charge in [-0.25, -0.2) is 4.79 Å². The first kappa shape index (κ1) is 25.3. The third-order valence-corrected chi connectivity index (χ3v) is 7.02. The van der Waals surface area contributed by atoms with Gasteiger partial charge in [0.05, 0.1) is 6.61 Å². The highest BCUT2D eigenvalue weighted by Crippen LogP contribution is 2.24. The molecule has 0 atom stereocenters. The zero-order valence-corrected chi connectivity index (χ0v) is 21.0. The van der Waals surface area contributed by atoms with E-state index in [9.17, 15) is 9.59 Å². The zero-order valence-electron chi connectivity index (χ0n) is 20.2. The number of amides is 1. The van der Waals surface area contributed by atoms with E-state index in [2.05, 4.69) is 22.3 Å². The van der Waals surface area contributed by atoms with Crippen LogP contribution in [0.5, 0.6) is 0 Å². The van der Waals surface area contributed by atoms with Crippen LogP contribution < -0.4 is 5.32 Å². The molecule has 1 amide bonds. The standard InChI is InChI=1S/C26H36ClN3O3/c1-5-33-26(32)25-18(2)23(19(3)29(25)4)10-11-24(31)28-16-20-12-14-30(15-13-20)17-21-6-8-22(27)9-7-21/h6-9,20H,5,10-17H2,1-4H3,(H,28,31). The number of carbonyl (C=O) groups is 2. The minimum absolute atomic E-state index is 0.0685. The van der Waals surface area contributed by atoms with Crippen LogP contribution in [0.4, 0.5) is 0 Å². The van der Waals surface area contributed by atoms with Crippen molar-refractivity contribution in [3.05, 3.63) is 57.4 Å². The molecule has 0 spiro atoms. The van der Waals surface area contributed by atoms with E-state index in [1.54, 1.807) is 6.92 Å². The van der Waals surface area contributed by atoms with E-state index in [1.807, 2.05) is 37.6 Å². The van der Waals surface area contributed by atoms with Crippen molar-refractivity contribution < 1.29 is 14.3 Å². The number of piperidine rings is 1. The number of halogens is 1. The molecule has 1 N–H and O–H groups in total. The van der Waals surface area contributed by atoms with Crippen molar-refractivity contribution >= 4 is 23.5 Å². The molecule has 0 bridgehead atoms. The van der Waals surface area contributed by atoms with Crippen LogP contribution in [0.15, 0.2) is 24.3 Å². The summed E-state index contributed by atoms with van der Waals surface area (Å²) in [6.07, 6.45) is 3.22. The van der Waals surface area contributed by atoms with Crippen molar-refractivity contribution in [2.75, 3.05) is 26.2 Å². The molecule has 3 rings (SSSR count). The van der Waals surface area contributed by atoms with E-state index in [0.29, 0.717) is 31.1 Å². The number of hydrogen-bond donors (Lipinski definition) is 1. The summed E-state index contributed by atoms with van der Waals surface area (Å²) in [5, 5.41) is 3.89. The number of aromatic nitrogens is 1. The fourth-order valence-corrected chi connectivity index (χ4v) is 4.80. The summed E-state index contributed by atoms with van der Waals surface area (Å²) >= 11 is 5.97. The monoisotopic (exact) mass is 473 g/mol. The van der Waals surface area contributed by atoms with Gasteiger partial charge in [-0.05, 0) is 87.9 Å². The summed E-state index contributed by atoms with van der Waals surface area (Å²) in [6, 6.07) is 8.05. The van der Waals surface area contributed by atoms with Gasteiger partial charge in [-0.15, -0.1) is 0 Å². The molecular formula is C26H36ClN3O3. The van der Waals surface area contributed by atoms with Gasteiger partial charge >= 0.3 is 5.97 Å². The van der Waals surface area contributed by atoms with Gasteiger partial charge < -0.3 is 14.6 Å². The van der Waals surface area contributed by atoms with Gasteiger partial charge in [-0.1, -0.05) is 23.7 Å². The second kappa shape index (κ2) is 11.7. The number of likely N-dealkylation sites (tertiary alicyclic amines) is 1. The van der Waals surface area contributed by atoms with E-state index in [0.717, 1.165) is 60.9 Å². The summed E-state index contributed by atoms with van der Waals surface area (Å²) in [6.45, 7) is 9.84. The number of rotatable bonds is 9. The number of carbonyl (C=O) groups excluding carboxylic acids is 2. The van der Waals surface area contributed by atoms with Crippen molar-refractivity contribution in [1.29, 1.82) is 0 Å². The van der Waals surface area contributed by atoms with E-state index in [1.165, 1.54) is 5.56 Å². The summed E-state index contributed by atoms with van der Waals surface area (Å²) in [7, 11) is 1.87. The third-order valence-electron chi connectivity index (χ3n) is 6.77. The van der Waals surface area contributed by atoms with E-state index < -0.39 is 0 Å². The molecule has 1 saturated heterocycles. The van der Waals surface area contributed by atoms with Crippen molar-refractivity contribution in [2.45, 2.75) is 53.0 Å². The first-order valence-electron chi connectivity index (χ1n) is 11.9. The van der Waals surface area contributed by atoms with Crippen LogP contribution in [0, 0.1) is 19.8 Å². The Morgan fingerprint density at radius 3 is 2.45 bits per heavy atom. The summed E-state index contributed by atoms with van der Waals surface area (Å²) in [5.41, 5.74) is 4.84. The number of benzene rings is 1. The third kappa shape index (κ3) is 6.61. The molecule has 33 heavy (non-hydrogen) atoms. The highest BCUT2D eigenvalue weighted by Gasteiger charge is 2.23. The topological polar surface area (TPSA) is 63.6 Å². The molecule has 6 nitrogen and oxygen atoms in total. The molecular weight excluding hydrogens is 438 g/mol. The maximum atomic E-state index is 12.5. The molecule has 1 aromatic heterocycles. The van der Waals surface area contributed by atoms with Crippen LogP contribution in [-0.4, -0.2) is 47.6 Å².